The molecule has 0 saturated heterocycles. The molecule has 14 heavy (non-hydrogen) atoms. The Morgan fingerprint density at radius 1 is 1.43 bits per heavy atom. The summed E-state index contributed by atoms with van der Waals surface area (Å²) < 4.78 is 0. The van der Waals surface area contributed by atoms with Crippen LogP contribution in [-0.2, 0) is 0 Å². The van der Waals surface area contributed by atoms with Crippen LogP contribution in [0.15, 0.2) is 0 Å². The first-order valence-corrected chi connectivity index (χ1v) is 5.62. The van der Waals surface area contributed by atoms with Crippen LogP contribution in [-0.4, -0.2) is 35.0 Å². The first kappa shape index (κ1) is 12.0. The first-order chi connectivity index (χ1) is 6.58. The molecular formula is C11H23NO2. The molecule has 3 nitrogen and oxygen atoms in total. The molecule has 3 N–H and O–H groups in total. The lowest BCUT2D eigenvalue weighted by molar-refractivity contribution is 0.0877. The predicted octanol–water partition coefficient (Wildman–Crippen LogP) is 0.898. The van der Waals surface area contributed by atoms with E-state index >= 15 is 0 Å². The Labute approximate surface area is 86.5 Å². The Kier molecular flexibility index (Phi) is 4.35. The largest absolute Gasteiger partial charge is 0.394 e. The first-order valence-electron chi connectivity index (χ1n) is 5.62. The molecular weight excluding hydrogens is 178 g/mol. The van der Waals surface area contributed by atoms with Gasteiger partial charge in [-0.3, -0.25) is 0 Å². The van der Waals surface area contributed by atoms with Crippen LogP contribution in [0.2, 0.25) is 0 Å². The van der Waals surface area contributed by atoms with Gasteiger partial charge in [0.25, 0.3) is 0 Å². The van der Waals surface area contributed by atoms with Gasteiger partial charge >= 0.3 is 0 Å². The van der Waals surface area contributed by atoms with Gasteiger partial charge in [0.15, 0.2) is 0 Å². The van der Waals surface area contributed by atoms with E-state index in [0.717, 1.165) is 18.8 Å². The van der Waals surface area contributed by atoms with E-state index in [1.807, 2.05) is 0 Å². The normalized spacial score (nSPS) is 35.6. The van der Waals surface area contributed by atoms with Crippen LogP contribution < -0.4 is 5.32 Å². The second-order valence-electron chi connectivity index (χ2n) is 4.85. The maximum absolute atomic E-state index is 9.40. The molecule has 0 aromatic rings. The highest BCUT2D eigenvalue weighted by Crippen LogP contribution is 2.31. The molecule has 0 heterocycles. The number of aliphatic hydroxyl groups excluding tert-OH is 2. The zero-order valence-electron chi connectivity index (χ0n) is 9.29. The van der Waals surface area contributed by atoms with Gasteiger partial charge in [-0.05, 0) is 38.5 Å². The van der Waals surface area contributed by atoms with E-state index in [0.29, 0.717) is 6.54 Å². The number of β-amino-alcohol motifs (C(OH)–C–C–N with tert-alkyl or cyclic N) is 1. The number of hydrogen-bond donors (Lipinski definition) is 3. The number of aliphatic hydroxyl groups is 2. The maximum atomic E-state index is 9.40. The van der Waals surface area contributed by atoms with Crippen LogP contribution in [0.1, 0.15) is 39.5 Å². The fourth-order valence-corrected chi connectivity index (χ4v) is 2.07. The van der Waals surface area contributed by atoms with Crippen LogP contribution in [0, 0.1) is 5.92 Å². The molecule has 0 unspecified atom stereocenters. The van der Waals surface area contributed by atoms with Gasteiger partial charge in [-0.25, -0.2) is 0 Å². The van der Waals surface area contributed by atoms with Crippen molar-refractivity contribution in [2.24, 2.45) is 5.92 Å². The molecule has 0 radical (unpaired) electrons. The zero-order chi connectivity index (χ0) is 10.6. The van der Waals surface area contributed by atoms with Gasteiger partial charge in [0.2, 0.25) is 0 Å². The van der Waals surface area contributed by atoms with Crippen LogP contribution in [0.5, 0.6) is 0 Å². The molecule has 0 aliphatic heterocycles. The number of nitrogens with one attached hydrogen (secondary N) is 1. The third-order valence-electron chi connectivity index (χ3n) is 3.31. The second kappa shape index (κ2) is 5.10. The van der Waals surface area contributed by atoms with Crippen molar-refractivity contribution in [3.05, 3.63) is 0 Å². The lowest BCUT2D eigenvalue weighted by atomic mass is 9.77. The molecule has 0 bridgehead atoms. The van der Waals surface area contributed by atoms with Gasteiger partial charge < -0.3 is 15.5 Å². The smallest absolute Gasteiger partial charge is 0.0636 e. The summed E-state index contributed by atoms with van der Waals surface area (Å²) >= 11 is 0. The summed E-state index contributed by atoms with van der Waals surface area (Å²) in [5.74, 6) is 0.781. The van der Waals surface area contributed by atoms with Crippen molar-refractivity contribution >= 4 is 0 Å². The van der Waals surface area contributed by atoms with Crippen molar-refractivity contribution in [2.75, 3.05) is 13.2 Å². The van der Waals surface area contributed by atoms with Crippen molar-refractivity contribution in [1.82, 2.24) is 5.32 Å². The lowest BCUT2D eigenvalue weighted by Crippen LogP contribution is -2.52. The number of hydrogen-bond acceptors (Lipinski definition) is 3. The minimum Gasteiger partial charge on any atom is -0.394 e. The molecule has 1 rings (SSSR count). The SMILES string of the molecule is CC1CCC(CO)(NC[C@H](C)O)CC1. The van der Waals surface area contributed by atoms with Crippen molar-refractivity contribution in [1.29, 1.82) is 0 Å². The summed E-state index contributed by atoms with van der Waals surface area (Å²) in [6.07, 6.45) is 4.06. The highest BCUT2D eigenvalue weighted by Gasteiger charge is 2.33. The Balaban J connectivity index is 2.41. The standard InChI is InChI=1S/C11H23NO2/c1-9-3-5-11(8-13,6-4-9)12-7-10(2)14/h9-10,12-14H,3-8H2,1-2H3/t9?,10-,11?/m0/s1. The average molecular weight is 201 g/mol. The van der Waals surface area contributed by atoms with Crippen LogP contribution >= 0.6 is 0 Å². The molecule has 1 atom stereocenters. The van der Waals surface area contributed by atoms with E-state index in [9.17, 15) is 10.2 Å². The molecule has 0 amide bonds. The predicted molar refractivity (Wildman–Crippen MR) is 57.1 cm³/mol. The van der Waals surface area contributed by atoms with Crippen molar-refractivity contribution in [3.63, 3.8) is 0 Å². The van der Waals surface area contributed by atoms with E-state index in [-0.39, 0.29) is 18.2 Å². The fraction of sp³-hybridized carbons (Fsp3) is 1.00. The van der Waals surface area contributed by atoms with Crippen molar-refractivity contribution < 1.29 is 10.2 Å². The van der Waals surface area contributed by atoms with E-state index in [2.05, 4.69) is 12.2 Å². The van der Waals surface area contributed by atoms with Crippen molar-refractivity contribution in [3.8, 4) is 0 Å². The minimum atomic E-state index is -0.335. The highest BCUT2D eigenvalue weighted by molar-refractivity contribution is 4.92. The third-order valence-corrected chi connectivity index (χ3v) is 3.31. The Morgan fingerprint density at radius 2 is 2.00 bits per heavy atom. The van der Waals surface area contributed by atoms with E-state index in [4.69, 9.17) is 0 Å². The van der Waals surface area contributed by atoms with Crippen LogP contribution in [0.3, 0.4) is 0 Å². The summed E-state index contributed by atoms with van der Waals surface area (Å²) in [5.41, 5.74) is -0.122. The molecule has 1 aliphatic rings. The fourth-order valence-electron chi connectivity index (χ4n) is 2.07. The number of rotatable bonds is 4. The van der Waals surface area contributed by atoms with Gasteiger partial charge in [-0.1, -0.05) is 6.92 Å². The van der Waals surface area contributed by atoms with Gasteiger partial charge in [0.05, 0.1) is 12.7 Å². The Morgan fingerprint density at radius 3 is 2.43 bits per heavy atom. The van der Waals surface area contributed by atoms with E-state index in [1.165, 1.54) is 12.8 Å². The molecule has 0 aromatic carbocycles. The summed E-state index contributed by atoms with van der Waals surface area (Å²) in [6, 6.07) is 0. The van der Waals surface area contributed by atoms with Gasteiger partial charge in [0, 0.05) is 12.1 Å². The molecule has 0 aromatic heterocycles. The monoisotopic (exact) mass is 201 g/mol. The van der Waals surface area contributed by atoms with Crippen molar-refractivity contribution in [2.45, 2.75) is 51.2 Å². The summed E-state index contributed by atoms with van der Waals surface area (Å²) in [6.45, 7) is 4.79. The molecule has 1 fully saturated rings. The Bertz CT molecular complexity index is 163. The van der Waals surface area contributed by atoms with E-state index < -0.39 is 0 Å². The average Bonchev–Trinajstić information content (AvgIpc) is 2.18. The summed E-state index contributed by atoms with van der Waals surface area (Å²) in [4.78, 5) is 0. The van der Waals surface area contributed by atoms with Crippen LogP contribution in [0.25, 0.3) is 0 Å². The molecule has 0 spiro atoms. The maximum Gasteiger partial charge on any atom is 0.0636 e. The molecule has 1 saturated carbocycles. The quantitative estimate of drug-likeness (QED) is 0.633. The zero-order valence-corrected chi connectivity index (χ0v) is 9.29. The second-order valence-corrected chi connectivity index (χ2v) is 4.85. The van der Waals surface area contributed by atoms with Gasteiger partial charge in [0.1, 0.15) is 0 Å². The Hall–Kier alpha value is -0.120. The summed E-state index contributed by atoms with van der Waals surface area (Å²) in [5, 5.41) is 21.9. The summed E-state index contributed by atoms with van der Waals surface area (Å²) in [7, 11) is 0. The third kappa shape index (κ3) is 3.23. The molecule has 3 heteroatoms. The van der Waals surface area contributed by atoms with Gasteiger partial charge in [-0.15, -0.1) is 0 Å². The lowest BCUT2D eigenvalue weighted by Gasteiger charge is -2.39. The van der Waals surface area contributed by atoms with Crippen LogP contribution in [0.4, 0.5) is 0 Å². The molecule has 1 aliphatic carbocycles. The minimum absolute atomic E-state index is 0.122. The topological polar surface area (TPSA) is 52.5 Å². The highest BCUT2D eigenvalue weighted by atomic mass is 16.3. The van der Waals surface area contributed by atoms with E-state index in [1.54, 1.807) is 6.92 Å². The van der Waals surface area contributed by atoms with Gasteiger partial charge in [-0.2, -0.15) is 0 Å². The molecule has 84 valence electrons.